The van der Waals surface area contributed by atoms with Gasteiger partial charge in [0.15, 0.2) is 0 Å². The van der Waals surface area contributed by atoms with Gasteiger partial charge in [0.25, 0.3) is 0 Å². The second kappa shape index (κ2) is 7.53. The third-order valence-electron chi connectivity index (χ3n) is 2.36. The number of amides is 2. The van der Waals surface area contributed by atoms with Crippen LogP contribution in [0.25, 0.3) is 0 Å². The summed E-state index contributed by atoms with van der Waals surface area (Å²) in [6, 6.07) is 3.30. The number of nitrogens with one attached hydrogen (secondary N) is 2. The van der Waals surface area contributed by atoms with Crippen LogP contribution in [0, 0.1) is 0 Å². The SMILES string of the molecule is CC(=O)Nc1ccc(O)cc1SCC(NC(C)=O)C(=O)O. The van der Waals surface area contributed by atoms with E-state index in [9.17, 15) is 19.5 Å². The molecule has 1 atom stereocenters. The summed E-state index contributed by atoms with van der Waals surface area (Å²) in [5.74, 6) is -1.82. The van der Waals surface area contributed by atoms with Crippen LogP contribution in [0.3, 0.4) is 0 Å². The van der Waals surface area contributed by atoms with Gasteiger partial charge in [0.05, 0.1) is 5.69 Å². The molecule has 1 aromatic carbocycles. The number of rotatable bonds is 6. The summed E-state index contributed by atoms with van der Waals surface area (Å²) in [6.45, 7) is 2.58. The molecule has 0 spiro atoms. The highest BCUT2D eigenvalue weighted by molar-refractivity contribution is 7.99. The number of phenolic OH excluding ortho intramolecular Hbond substituents is 1. The number of aromatic hydroxyl groups is 1. The van der Waals surface area contributed by atoms with Crippen molar-refractivity contribution in [1.29, 1.82) is 0 Å². The maximum Gasteiger partial charge on any atom is 0.327 e. The minimum Gasteiger partial charge on any atom is -0.508 e. The van der Waals surface area contributed by atoms with Gasteiger partial charge in [-0.25, -0.2) is 4.79 Å². The Labute approximate surface area is 125 Å². The zero-order valence-corrected chi connectivity index (χ0v) is 12.4. The summed E-state index contributed by atoms with van der Waals surface area (Å²) < 4.78 is 0. The fourth-order valence-corrected chi connectivity index (χ4v) is 2.57. The summed E-state index contributed by atoms with van der Waals surface area (Å²) in [7, 11) is 0. The molecule has 0 heterocycles. The Morgan fingerprint density at radius 3 is 2.43 bits per heavy atom. The van der Waals surface area contributed by atoms with Gasteiger partial charge in [0.1, 0.15) is 11.8 Å². The lowest BCUT2D eigenvalue weighted by molar-refractivity contribution is -0.140. The van der Waals surface area contributed by atoms with E-state index in [4.69, 9.17) is 5.11 Å². The molecule has 0 bridgehead atoms. The molecule has 8 heteroatoms. The number of anilines is 1. The Morgan fingerprint density at radius 1 is 1.24 bits per heavy atom. The molecule has 1 aromatic rings. The Balaban J connectivity index is 2.85. The van der Waals surface area contributed by atoms with Crippen LogP contribution in [0.5, 0.6) is 5.75 Å². The lowest BCUT2D eigenvalue weighted by atomic mass is 10.3. The van der Waals surface area contributed by atoms with Crippen LogP contribution >= 0.6 is 11.8 Å². The standard InChI is InChI=1S/C13H16N2O5S/c1-7(16)14-10-4-3-9(18)5-12(10)21-6-11(13(19)20)15-8(2)17/h3-5,11,18H,6H2,1-2H3,(H,14,16)(H,15,17)(H,19,20). The number of thioether (sulfide) groups is 1. The summed E-state index contributed by atoms with van der Waals surface area (Å²) in [4.78, 5) is 33.6. The van der Waals surface area contributed by atoms with Gasteiger partial charge < -0.3 is 20.8 Å². The molecule has 0 saturated heterocycles. The van der Waals surface area contributed by atoms with Gasteiger partial charge in [0.2, 0.25) is 11.8 Å². The number of carboxylic acids is 1. The second-order valence-electron chi connectivity index (χ2n) is 4.26. The van der Waals surface area contributed by atoms with Gasteiger partial charge in [-0.2, -0.15) is 0 Å². The summed E-state index contributed by atoms with van der Waals surface area (Å²) >= 11 is 1.11. The van der Waals surface area contributed by atoms with Gasteiger partial charge in [-0.05, 0) is 18.2 Å². The van der Waals surface area contributed by atoms with Crippen LogP contribution in [-0.4, -0.2) is 39.8 Å². The van der Waals surface area contributed by atoms with Gasteiger partial charge in [-0.3, -0.25) is 9.59 Å². The van der Waals surface area contributed by atoms with Gasteiger partial charge in [-0.1, -0.05) is 0 Å². The number of aliphatic carboxylic acids is 1. The Morgan fingerprint density at radius 2 is 1.90 bits per heavy atom. The first-order chi connectivity index (χ1) is 9.79. The van der Waals surface area contributed by atoms with Crippen molar-refractivity contribution in [2.24, 2.45) is 0 Å². The summed E-state index contributed by atoms with van der Waals surface area (Å²) in [5, 5.41) is 23.4. The van der Waals surface area contributed by atoms with Crippen LogP contribution in [0.1, 0.15) is 13.8 Å². The molecule has 21 heavy (non-hydrogen) atoms. The number of benzene rings is 1. The third-order valence-corrected chi connectivity index (χ3v) is 3.51. The minimum absolute atomic E-state index is 0.00185. The Hall–Kier alpha value is -2.22. The van der Waals surface area contributed by atoms with Gasteiger partial charge in [-0.15, -0.1) is 11.8 Å². The number of phenols is 1. The van der Waals surface area contributed by atoms with Crippen molar-refractivity contribution in [2.75, 3.05) is 11.1 Å². The van der Waals surface area contributed by atoms with Gasteiger partial charge in [0, 0.05) is 24.5 Å². The molecule has 0 saturated carbocycles. The van der Waals surface area contributed by atoms with Crippen molar-refractivity contribution in [3.63, 3.8) is 0 Å². The van der Waals surface area contributed by atoms with Crippen molar-refractivity contribution in [3.8, 4) is 5.75 Å². The zero-order chi connectivity index (χ0) is 16.0. The van der Waals surface area contributed by atoms with E-state index in [1.807, 2.05) is 0 Å². The topological polar surface area (TPSA) is 116 Å². The second-order valence-corrected chi connectivity index (χ2v) is 5.33. The number of hydrogen-bond donors (Lipinski definition) is 4. The van der Waals surface area contributed by atoms with E-state index in [1.54, 1.807) is 0 Å². The molecular formula is C13H16N2O5S. The Kier molecular flexibility index (Phi) is 6.04. The summed E-state index contributed by atoms with van der Waals surface area (Å²) in [6.07, 6.45) is 0. The smallest absolute Gasteiger partial charge is 0.327 e. The minimum atomic E-state index is -1.15. The summed E-state index contributed by atoms with van der Waals surface area (Å²) in [5.41, 5.74) is 0.470. The van der Waals surface area contributed by atoms with Crippen LogP contribution in [0.2, 0.25) is 0 Å². The normalized spacial score (nSPS) is 11.5. The molecular weight excluding hydrogens is 296 g/mol. The van der Waals surface area contributed by atoms with Crippen molar-refractivity contribution < 1.29 is 24.6 Å². The van der Waals surface area contributed by atoms with E-state index in [0.717, 1.165) is 11.8 Å². The van der Waals surface area contributed by atoms with Gasteiger partial charge >= 0.3 is 5.97 Å². The molecule has 2 amide bonds. The molecule has 7 nitrogen and oxygen atoms in total. The van der Waals surface area contributed by atoms with E-state index in [0.29, 0.717) is 10.6 Å². The molecule has 0 fully saturated rings. The predicted molar refractivity (Wildman–Crippen MR) is 78.4 cm³/mol. The molecule has 114 valence electrons. The lowest BCUT2D eigenvalue weighted by Gasteiger charge is -2.15. The van der Waals surface area contributed by atoms with Crippen LogP contribution in [0.4, 0.5) is 5.69 Å². The first kappa shape index (κ1) is 16.8. The number of hydrogen-bond acceptors (Lipinski definition) is 5. The van der Waals surface area contributed by atoms with Crippen LogP contribution in [-0.2, 0) is 14.4 Å². The largest absolute Gasteiger partial charge is 0.508 e. The van der Waals surface area contributed by atoms with E-state index >= 15 is 0 Å². The highest BCUT2D eigenvalue weighted by Gasteiger charge is 2.19. The molecule has 0 aliphatic heterocycles. The van der Waals surface area contributed by atoms with E-state index < -0.39 is 17.9 Å². The first-order valence-electron chi connectivity index (χ1n) is 6.03. The average Bonchev–Trinajstić information content (AvgIpc) is 2.36. The average molecular weight is 312 g/mol. The van der Waals surface area contributed by atoms with Crippen molar-refractivity contribution in [1.82, 2.24) is 5.32 Å². The Bertz CT molecular complexity index is 561. The number of carbonyl (C=O) groups is 3. The van der Waals surface area contributed by atoms with E-state index in [2.05, 4.69) is 10.6 Å². The zero-order valence-electron chi connectivity index (χ0n) is 11.5. The number of carbonyl (C=O) groups excluding carboxylic acids is 2. The third kappa shape index (κ3) is 5.74. The first-order valence-corrected chi connectivity index (χ1v) is 7.01. The molecule has 0 aliphatic rings. The van der Waals surface area contributed by atoms with Crippen LogP contribution in [0.15, 0.2) is 23.1 Å². The molecule has 1 rings (SSSR count). The van der Waals surface area contributed by atoms with E-state index in [-0.39, 0.29) is 17.4 Å². The highest BCUT2D eigenvalue weighted by atomic mass is 32.2. The maximum atomic E-state index is 11.1. The lowest BCUT2D eigenvalue weighted by Crippen LogP contribution is -2.41. The molecule has 1 unspecified atom stereocenters. The molecule has 0 aliphatic carbocycles. The molecule has 0 radical (unpaired) electrons. The number of carboxylic acid groups (broad SMARTS) is 1. The fourth-order valence-electron chi connectivity index (χ4n) is 1.52. The van der Waals surface area contributed by atoms with Crippen molar-refractivity contribution >= 4 is 35.2 Å². The molecule has 0 aromatic heterocycles. The predicted octanol–water partition coefficient (Wildman–Crippen LogP) is 1.03. The van der Waals surface area contributed by atoms with E-state index in [1.165, 1.54) is 32.0 Å². The maximum absolute atomic E-state index is 11.1. The monoisotopic (exact) mass is 312 g/mol. The molecule has 4 N–H and O–H groups in total. The quantitative estimate of drug-likeness (QED) is 0.460. The highest BCUT2D eigenvalue weighted by Crippen LogP contribution is 2.31. The van der Waals surface area contributed by atoms with Crippen molar-refractivity contribution in [2.45, 2.75) is 24.8 Å². The van der Waals surface area contributed by atoms with Crippen molar-refractivity contribution in [3.05, 3.63) is 18.2 Å². The fraction of sp³-hybridized carbons (Fsp3) is 0.308. The van der Waals surface area contributed by atoms with Crippen LogP contribution < -0.4 is 10.6 Å².